The van der Waals surface area contributed by atoms with Gasteiger partial charge in [0, 0.05) is 21.5 Å². The first-order valence-electron chi connectivity index (χ1n) is 7.27. The number of fused-ring (bicyclic) bond motifs is 1. The van der Waals surface area contributed by atoms with Gasteiger partial charge in [-0.05, 0) is 49.3 Å². The molecule has 0 amide bonds. The normalized spacial score (nSPS) is 15.8. The number of rotatable bonds is 5. The predicted molar refractivity (Wildman–Crippen MR) is 90.7 cm³/mol. The van der Waals surface area contributed by atoms with Crippen molar-refractivity contribution in [1.82, 2.24) is 5.32 Å². The molecule has 1 unspecified atom stereocenters. The summed E-state index contributed by atoms with van der Waals surface area (Å²) in [7, 11) is 2.09. The van der Waals surface area contributed by atoms with Crippen molar-refractivity contribution in [3.05, 3.63) is 57.3 Å². The molecule has 1 aliphatic rings. The summed E-state index contributed by atoms with van der Waals surface area (Å²) in [6, 6.07) is 13.7. The molecule has 0 radical (unpaired) electrons. The maximum absolute atomic E-state index is 3.50. The van der Waals surface area contributed by atoms with E-state index < -0.39 is 0 Å². The summed E-state index contributed by atoms with van der Waals surface area (Å²) < 4.78 is 0. The fraction of sp³-hybridized carbons (Fsp3) is 0.412. The lowest BCUT2D eigenvalue weighted by Crippen LogP contribution is -2.15. The minimum atomic E-state index is 0.496. The summed E-state index contributed by atoms with van der Waals surface area (Å²) in [5.74, 6) is 2.50. The number of aryl methyl sites for hydroxylation is 2. The van der Waals surface area contributed by atoms with Crippen LogP contribution in [0.5, 0.6) is 0 Å². The summed E-state index contributed by atoms with van der Waals surface area (Å²) in [5.41, 5.74) is 3.02. The van der Waals surface area contributed by atoms with Crippen molar-refractivity contribution in [2.45, 2.75) is 31.1 Å². The lowest BCUT2D eigenvalue weighted by Gasteiger charge is -2.14. The molecule has 1 aromatic heterocycles. The van der Waals surface area contributed by atoms with E-state index >= 15 is 0 Å². The van der Waals surface area contributed by atoms with Gasteiger partial charge in [0.25, 0.3) is 0 Å². The molecule has 1 nitrogen and oxygen atoms in total. The van der Waals surface area contributed by atoms with Gasteiger partial charge in [-0.25, -0.2) is 0 Å². The van der Waals surface area contributed by atoms with Crippen LogP contribution in [0.25, 0.3) is 0 Å². The molecule has 0 fully saturated rings. The van der Waals surface area contributed by atoms with Crippen LogP contribution in [0, 0.1) is 0 Å². The topological polar surface area (TPSA) is 12.0 Å². The summed E-state index contributed by atoms with van der Waals surface area (Å²) >= 11 is 4.09. The highest BCUT2D eigenvalue weighted by molar-refractivity contribution is 7.98. The molecular weight excluding hydrogens is 282 g/mol. The molecule has 0 aliphatic carbocycles. The van der Waals surface area contributed by atoms with E-state index in [1.54, 1.807) is 10.4 Å². The number of benzene rings is 1. The maximum Gasteiger partial charge on any atom is 0.0415 e. The highest BCUT2D eigenvalue weighted by Crippen LogP contribution is 2.35. The zero-order valence-electron chi connectivity index (χ0n) is 11.9. The molecule has 1 atom stereocenters. The highest BCUT2D eigenvalue weighted by atomic mass is 32.2. The van der Waals surface area contributed by atoms with Gasteiger partial charge in [0.2, 0.25) is 0 Å². The van der Waals surface area contributed by atoms with Gasteiger partial charge in [0.05, 0.1) is 0 Å². The third-order valence-corrected chi connectivity index (χ3v) is 6.26. The van der Waals surface area contributed by atoms with Crippen LogP contribution in [0.3, 0.4) is 0 Å². The smallest absolute Gasteiger partial charge is 0.0415 e. The molecule has 1 N–H and O–H groups in total. The Balaban J connectivity index is 1.68. The van der Waals surface area contributed by atoms with Crippen LogP contribution in [-0.4, -0.2) is 12.8 Å². The van der Waals surface area contributed by atoms with Crippen molar-refractivity contribution in [2.75, 3.05) is 12.8 Å². The summed E-state index contributed by atoms with van der Waals surface area (Å²) in [5, 5.41) is 3.50. The number of thiophene rings is 1. The van der Waals surface area contributed by atoms with E-state index in [0.717, 1.165) is 6.42 Å². The minimum absolute atomic E-state index is 0.496. The van der Waals surface area contributed by atoms with Crippen molar-refractivity contribution >= 4 is 23.1 Å². The van der Waals surface area contributed by atoms with E-state index in [9.17, 15) is 0 Å². The molecule has 0 saturated carbocycles. The van der Waals surface area contributed by atoms with Crippen LogP contribution in [0.4, 0.5) is 0 Å². The lowest BCUT2D eigenvalue weighted by atomic mass is 10.0. The number of hydrogen-bond donors (Lipinski definition) is 1. The first-order valence-corrected chi connectivity index (χ1v) is 9.24. The van der Waals surface area contributed by atoms with Crippen molar-refractivity contribution in [2.24, 2.45) is 0 Å². The molecule has 3 heteroatoms. The number of nitrogens with one attached hydrogen (secondary N) is 1. The predicted octanol–water partition coefficient (Wildman–Crippen LogP) is 4.43. The Morgan fingerprint density at radius 1 is 1.25 bits per heavy atom. The first-order chi connectivity index (χ1) is 9.86. The third kappa shape index (κ3) is 3.27. The standard InChI is InChI=1S/C17H21NS2/c1-18-15(8-7-13-5-3-2-4-6-13)17-11-14-12-19-10-9-16(14)20-17/h2-6,11,15,18H,7-10,12H2,1H3. The highest BCUT2D eigenvalue weighted by Gasteiger charge is 2.18. The average Bonchev–Trinajstić information content (AvgIpc) is 2.92. The van der Waals surface area contributed by atoms with Crippen molar-refractivity contribution in [3.63, 3.8) is 0 Å². The van der Waals surface area contributed by atoms with Crippen LogP contribution in [-0.2, 0) is 18.6 Å². The third-order valence-electron chi connectivity index (χ3n) is 3.90. The Hall–Kier alpha value is -0.770. The van der Waals surface area contributed by atoms with Crippen LogP contribution >= 0.6 is 23.1 Å². The largest absolute Gasteiger partial charge is 0.312 e. The molecule has 20 heavy (non-hydrogen) atoms. The molecule has 3 rings (SSSR count). The Labute approximate surface area is 129 Å². The van der Waals surface area contributed by atoms with Gasteiger partial charge >= 0.3 is 0 Å². The van der Waals surface area contributed by atoms with Gasteiger partial charge in [0.15, 0.2) is 0 Å². The van der Waals surface area contributed by atoms with Crippen molar-refractivity contribution in [1.29, 1.82) is 0 Å². The molecule has 1 aliphatic heterocycles. The monoisotopic (exact) mass is 303 g/mol. The molecule has 0 bridgehead atoms. The second-order valence-corrected chi connectivity index (χ2v) is 7.54. The SMILES string of the molecule is CNC(CCc1ccccc1)c1cc2c(s1)CCSC2. The molecule has 0 saturated heterocycles. The molecule has 2 aromatic rings. The van der Waals surface area contributed by atoms with Crippen molar-refractivity contribution < 1.29 is 0 Å². The number of hydrogen-bond acceptors (Lipinski definition) is 3. The maximum atomic E-state index is 3.50. The fourth-order valence-electron chi connectivity index (χ4n) is 2.73. The van der Waals surface area contributed by atoms with Gasteiger partial charge in [-0.15, -0.1) is 11.3 Å². The van der Waals surface area contributed by atoms with Crippen LogP contribution in [0.1, 0.15) is 33.3 Å². The van der Waals surface area contributed by atoms with Crippen molar-refractivity contribution in [3.8, 4) is 0 Å². The molecule has 0 spiro atoms. The van der Waals surface area contributed by atoms with E-state index in [4.69, 9.17) is 0 Å². The Kier molecular flexibility index (Phi) is 4.81. The van der Waals surface area contributed by atoms with E-state index in [2.05, 4.69) is 60.5 Å². The first kappa shape index (κ1) is 14.2. The summed E-state index contributed by atoms with van der Waals surface area (Å²) in [6.45, 7) is 0. The summed E-state index contributed by atoms with van der Waals surface area (Å²) in [6.07, 6.45) is 3.58. The zero-order valence-corrected chi connectivity index (χ0v) is 13.5. The molecule has 2 heterocycles. The van der Waals surface area contributed by atoms with E-state index in [1.807, 2.05) is 11.3 Å². The van der Waals surface area contributed by atoms with Gasteiger partial charge in [0.1, 0.15) is 0 Å². The summed E-state index contributed by atoms with van der Waals surface area (Å²) in [4.78, 5) is 3.15. The fourth-order valence-corrected chi connectivity index (χ4v) is 5.25. The van der Waals surface area contributed by atoms with Crippen LogP contribution in [0.2, 0.25) is 0 Å². The van der Waals surface area contributed by atoms with E-state index in [1.165, 1.54) is 34.8 Å². The zero-order chi connectivity index (χ0) is 13.8. The second-order valence-electron chi connectivity index (χ2n) is 5.27. The quantitative estimate of drug-likeness (QED) is 0.877. The van der Waals surface area contributed by atoms with E-state index in [-0.39, 0.29) is 0 Å². The van der Waals surface area contributed by atoms with Crippen LogP contribution in [0.15, 0.2) is 36.4 Å². The van der Waals surface area contributed by atoms with E-state index in [0.29, 0.717) is 6.04 Å². The Bertz CT molecular complexity index is 524. The van der Waals surface area contributed by atoms with Gasteiger partial charge in [-0.3, -0.25) is 0 Å². The van der Waals surface area contributed by atoms with Gasteiger partial charge in [-0.1, -0.05) is 30.3 Å². The second kappa shape index (κ2) is 6.79. The Morgan fingerprint density at radius 3 is 2.85 bits per heavy atom. The molecule has 106 valence electrons. The Morgan fingerprint density at radius 2 is 2.10 bits per heavy atom. The van der Waals surface area contributed by atoms with Gasteiger partial charge in [-0.2, -0.15) is 11.8 Å². The molecule has 1 aromatic carbocycles. The average molecular weight is 303 g/mol. The van der Waals surface area contributed by atoms with Crippen LogP contribution < -0.4 is 5.32 Å². The lowest BCUT2D eigenvalue weighted by molar-refractivity contribution is 0.558. The number of thioether (sulfide) groups is 1. The van der Waals surface area contributed by atoms with Gasteiger partial charge < -0.3 is 5.32 Å². The minimum Gasteiger partial charge on any atom is -0.312 e. The molecular formula is C17H21NS2.